The van der Waals surface area contributed by atoms with Gasteiger partial charge in [-0.3, -0.25) is 9.59 Å². The number of fused-ring (bicyclic) bond motifs is 1. The molecule has 2 fully saturated rings. The summed E-state index contributed by atoms with van der Waals surface area (Å²) in [5.41, 5.74) is 0.569. The van der Waals surface area contributed by atoms with E-state index in [9.17, 15) is 19.5 Å². The molecule has 1 unspecified atom stereocenters. The summed E-state index contributed by atoms with van der Waals surface area (Å²) in [4.78, 5) is 36.8. The number of hydrogen-bond acceptors (Lipinski definition) is 7. The van der Waals surface area contributed by atoms with Gasteiger partial charge in [0.1, 0.15) is 12.2 Å². The fourth-order valence-electron chi connectivity index (χ4n) is 3.53. The fraction of sp³-hybridized carbons (Fsp3) is 0.591. The lowest BCUT2D eigenvalue weighted by Gasteiger charge is -2.37. The molecule has 1 aliphatic carbocycles. The highest BCUT2D eigenvalue weighted by Gasteiger charge is 2.70. The maximum absolute atomic E-state index is 12.9. The maximum atomic E-state index is 12.9. The van der Waals surface area contributed by atoms with Gasteiger partial charge in [-0.25, -0.2) is 4.79 Å². The molecule has 1 saturated heterocycles. The first-order valence-electron chi connectivity index (χ1n) is 9.67. The molecule has 7 heteroatoms. The molecule has 29 heavy (non-hydrogen) atoms. The van der Waals surface area contributed by atoms with Crippen molar-refractivity contribution < 1.29 is 33.7 Å². The molecule has 6 atom stereocenters. The van der Waals surface area contributed by atoms with Gasteiger partial charge in [0.05, 0.1) is 12.0 Å². The molecule has 2 rings (SSSR count). The van der Waals surface area contributed by atoms with Crippen LogP contribution in [-0.2, 0) is 28.6 Å². The zero-order chi connectivity index (χ0) is 22.1. The molecule has 1 saturated carbocycles. The number of carbonyl (C=O) groups is 3. The molecule has 0 bridgehead atoms. The Bertz CT molecular complexity index is 774. The van der Waals surface area contributed by atoms with Crippen LogP contribution in [-0.4, -0.2) is 52.8 Å². The van der Waals surface area contributed by atoms with E-state index >= 15 is 0 Å². The molecule has 0 aromatic rings. The Kier molecular flexibility index (Phi) is 6.86. The number of aliphatic hydroxyl groups is 1. The zero-order valence-corrected chi connectivity index (χ0v) is 17.9. The number of ketones is 1. The first-order chi connectivity index (χ1) is 13.4. The van der Waals surface area contributed by atoms with Crippen molar-refractivity contribution in [1.29, 1.82) is 0 Å². The molecule has 0 aromatic heterocycles. The van der Waals surface area contributed by atoms with Crippen molar-refractivity contribution in [1.82, 2.24) is 0 Å². The normalized spacial score (nSPS) is 32.0. The highest BCUT2D eigenvalue weighted by Crippen LogP contribution is 2.50. The first kappa shape index (κ1) is 23.0. The van der Waals surface area contributed by atoms with Crippen molar-refractivity contribution >= 4 is 17.7 Å². The Labute approximate surface area is 171 Å². The van der Waals surface area contributed by atoms with Crippen LogP contribution in [0.4, 0.5) is 0 Å². The van der Waals surface area contributed by atoms with Crippen LogP contribution in [0.25, 0.3) is 0 Å². The standard InChI is InChI=1S/C22H30O7/c1-8-12(4)21(26)28-15(10-9-11(2)3)13(5)16-17(24)20-22(7,29-20)19(25)18(16)27-14(6)23/h8-9,15-18,20,24H,5,10H2,1-4,6-7H3/b12-8-/t15?,16-,17-,18+,20+,22-/m0/s1. The number of aliphatic hydroxyl groups excluding tert-OH is 1. The Morgan fingerprint density at radius 2 is 1.93 bits per heavy atom. The van der Waals surface area contributed by atoms with Crippen molar-refractivity contribution in [3.63, 3.8) is 0 Å². The van der Waals surface area contributed by atoms with Crippen LogP contribution in [0.1, 0.15) is 48.0 Å². The van der Waals surface area contributed by atoms with Crippen LogP contribution in [0, 0.1) is 5.92 Å². The number of allylic oxidation sites excluding steroid dienone is 2. The molecule has 0 amide bonds. The number of epoxide rings is 1. The zero-order valence-electron chi connectivity index (χ0n) is 17.9. The molecule has 2 aliphatic rings. The lowest BCUT2D eigenvalue weighted by atomic mass is 9.72. The van der Waals surface area contributed by atoms with E-state index < -0.39 is 53.7 Å². The number of esters is 2. The van der Waals surface area contributed by atoms with Crippen LogP contribution >= 0.6 is 0 Å². The van der Waals surface area contributed by atoms with E-state index in [2.05, 4.69) is 6.58 Å². The molecule has 1 N–H and O–H groups in total. The van der Waals surface area contributed by atoms with Gasteiger partial charge in [-0.1, -0.05) is 24.3 Å². The predicted molar refractivity (Wildman–Crippen MR) is 106 cm³/mol. The van der Waals surface area contributed by atoms with Crippen LogP contribution in [0.3, 0.4) is 0 Å². The Morgan fingerprint density at radius 3 is 2.45 bits per heavy atom. The second-order valence-corrected chi connectivity index (χ2v) is 8.01. The highest BCUT2D eigenvalue weighted by molar-refractivity contribution is 5.97. The molecular weight excluding hydrogens is 376 g/mol. The number of hydrogen-bond donors (Lipinski definition) is 1. The van der Waals surface area contributed by atoms with Crippen LogP contribution in [0.2, 0.25) is 0 Å². The molecule has 1 heterocycles. The first-order valence-corrected chi connectivity index (χ1v) is 9.67. The molecule has 0 spiro atoms. The average molecular weight is 406 g/mol. The van der Waals surface area contributed by atoms with Crippen LogP contribution in [0.5, 0.6) is 0 Å². The van der Waals surface area contributed by atoms with Crippen LogP contribution < -0.4 is 0 Å². The lowest BCUT2D eigenvalue weighted by Crippen LogP contribution is -2.55. The number of carbonyl (C=O) groups excluding carboxylic acids is 3. The summed E-state index contributed by atoms with van der Waals surface area (Å²) in [6, 6.07) is 0. The monoisotopic (exact) mass is 406 g/mol. The van der Waals surface area contributed by atoms with Crippen LogP contribution in [0.15, 0.2) is 35.5 Å². The second kappa shape index (κ2) is 8.63. The van der Waals surface area contributed by atoms with Crippen molar-refractivity contribution in [2.24, 2.45) is 5.92 Å². The van der Waals surface area contributed by atoms with E-state index in [1.54, 1.807) is 26.8 Å². The molecular formula is C22H30O7. The summed E-state index contributed by atoms with van der Waals surface area (Å²) < 4.78 is 16.3. The summed E-state index contributed by atoms with van der Waals surface area (Å²) in [5.74, 6) is -2.54. The van der Waals surface area contributed by atoms with Crippen molar-refractivity contribution in [3.8, 4) is 0 Å². The topological polar surface area (TPSA) is 102 Å². The van der Waals surface area contributed by atoms with Gasteiger partial charge in [-0.05, 0) is 40.2 Å². The summed E-state index contributed by atoms with van der Waals surface area (Å²) >= 11 is 0. The third-order valence-electron chi connectivity index (χ3n) is 5.49. The third kappa shape index (κ3) is 4.67. The van der Waals surface area contributed by atoms with Gasteiger partial charge in [0, 0.05) is 18.9 Å². The van der Waals surface area contributed by atoms with Gasteiger partial charge in [0.2, 0.25) is 5.78 Å². The fourth-order valence-corrected chi connectivity index (χ4v) is 3.53. The predicted octanol–water partition coefficient (Wildman–Crippen LogP) is 2.43. The number of ether oxygens (including phenoxy) is 3. The summed E-state index contributed by atoms with van der Waals surface area (Å²) in [6.45, 7) is 14.0. The summed E-state index contributed by atoms with van der Waals surface area (Å²) in [7, 11) is 0. The molecule has 7 nitrogen and oxygen atoms in total. The Morgan fingerprint density at radius 1 is 1.31 bits per heavy atom. The van der Waals surface area contributed by atoms with Crippen molar-refractivity contribution in [3.05, 3.63) is 35.5 Å². The minimum Gasteiger partial charge on any atom is -0.454 e. The van der Waals surface area contributed by atoms with Crippen molar-refractivity contribution in [2.45, 2.75) is 78.0 Å². The highest BCUT2D eigenvalue weighted by atomic mass is 16.6. The van der Waals surface area contributed by atoms with E-state index in [0.29, 0.717) is 17.6 Å². The summed E-state index contributed by atoms with van der Waals surface area (Å²) in [6.07, 6.45) is -0.0605. The van der Waals surface area contributed by atoms with Gasteiger partial charge in [0.15, 0.2) is 11.7 Å². The number of rotatable bonds is 7. The Hall–Kier alpha value is -2.25. The molecule has 0 radical (unpaired) electrons. The van der Waals surface area contributed by atoms with Gasteiger partial charge >= 0.3 is 11.9 Å². The van der Waals surface area contributed by atoms with E-state index in [4.69, 9.17) is 14.2 Å². The Balaban J connectivity index is 2.37. The average Bonchev–Trinajstić information content (AvgIpc) is 3.35. The summed E-state index contributed by atoms with van der Waals surface area (Å²) in [5, 5.41) is 10.8. The van der Waals surface area contributed by atoms with E-state index in [1.165, 1.54) is 6.92 Å². The second-order valence-electron chi connectivity index (χ2n) is 8.01. The SMILES string of the molecule is C=C(C(CC=C(C)C)OC(=O)/C(C)=C\C)[C@H]1[C@H](O)[C@H]2O[C@@]2(C)C(=O)[C@@H]1OC(C)=O. The minimum atomic E-state index is -1.26. The quantitative estimate of drug-likeness (QED) is 0.300. The smallest absolute Gasteiger partial charge is 0.333 e. The maximum Gasteiger partial charge on any atom is 0.333 e. The van der Waals surface area contributed by atoms with Gasteiger partial charge < -0.3 is 19.3 Å². The minimum absolute atomic E-state index is 0.310. The van der Waals surface area contributed by atoms with E-state index in [0.717, 1.165) is 5.57 Å². The number of Topliss-reactive ketones (excluding diaryl/α,β-unsaturated/α-hetero) is 1. The third-order valence-corrected chi connectivity index (χ3v) is 5.49. The molecule has 160 valence electrons. The largest absolute Gasteiger partial charge is 0.454 e. The van der Waals surface area contributed by atoms with E-state index in [1.807, 2.05) is 19.9 Å². The molecule has 1 aliphatic heterocycles. The lowest BCUT2D eigenvalue weighted by molar-refractivity contribution is -0.162. The van der Waals surface area contributed by atoms with Gasteiger partial charge in [-0.15, -0.1) is 0 Å². The molecule has 0 aromatic carbocycles. The van der Waals surface area contributed by atoms with Crippen molar-refractivity contribution in [2.75, 3.05) is 0 Å². The van der Waals surface area contributed by atoms with Gasteiger partial charge in [0.25, 0.3) is 0 Å². The van der Waals surface area contributed by atoms with Gasteiger partial charge in [-0.2, -0.15) is 0 Å². The van der Waals surface area contributed by atoms with E-state index in [-0.39, 0.29) is 0 Å².